The number of carbonyl (C=O) groups is 1. The molecule has 0 saturated carbocycles. The summed E-state index contributed by atoms with van der Waals surface area (Å²) in [5.74, 6) is -0.557. The van der Waals surface area contributed by atoms with Gasteiger partial charge in [-0.2, -0.15) is 5.26 Å². The van der Waals surface area contributed by atoms with Gasteiger partial charge in [-0.15, -0.1) is 0 Å². The summed E-state index contributed by atoms with van der Waals surface area (Å²) < 4.78 is 12.8. The number of halogens is 1. The number of amides is 1. The second-order valence-corrected chi connectivity index (χ2v) is 4.48. The van der Waals surface area contributed by atoms with Gasteiger partial charge in [0.15, 0.2) is 0 Å². The van der Waals surface area contributed by atoms with Crippen molar-refractivity contribution in [1.29, 1.82) is 5.26 Å². The van der Waals surface area contributed by atoms with E-state index in [2.05, 4.69) is 6.07 Å². The Morgan fingerprint density at radius 1 is 1.25 bits per heavy atom. The summed E-state index contributed by atoms with van der Waals surface area (Å²) in [5, 5.41) is 8.84. The lowest BCUT2D eigenvalue weighted by molar-refractivity contribution is 0.0785. The van der Waals surface area contributed by atoms with E-state index in [1.165, 1.54) is 29.2 Å². The molecular weight excluding hydrogens is 255 g/mol. The van der Waals surface area contributed by atoms with Gasteiger partial charge in [0, 0.05) is 19.2 Å². The monoisotopic (exact) mass is 268 g/mol. The van der Waals surface area contributed by atoms with Crippen LogP contribution in [-0.4, -0.2) is 17.9 Å². The van der Waals surface area contributed by atoms with Crippen molar-refractivity contribution in [2.24, 2.45) is 0 Å². The molecule has 0 saturated heterocycles. The molecule has 0 aliphatic rings. The fraction of sp³-hybridized carbons (Fsp3) is 0.125. The molecule has 0 atom stereocenters. The number of carbonyl (C=O) groups excluding carboxylic acids is 1. The number of benzene rings is 2. The van der Waals surface area contributed by atoms with Crippen LogP contribution < -0.4 is 0 Å². The number of nitriles is 1. The minimum absolute atomic E-state index is 0.188. The topological polar surface area (TPSA) is 44.1 Å². The second kappa shape index (κ2) is 5.98. The van der Waals surface area contributed by atoms with Crippen LogP contribution in [-0.2, 0) is 6.54 Å². The van der Waals surface area contributed by atoms with Gasteiger partial charge in [-0.05, 0) is 42.0 Å². The normalized spacial score (nSPS) is 9.85. The molecule has 20 heavy (non-hydrogen) atoms. The Labute approximate surface area is 116 Å². The van der Waals surface area contributed by atoms with Crippen LogP contribution in [0.15, 0.2) is 48.5 Å². The lowest BCUT2D eigenvalue weighted by atomic mass is 10.1. The van der Waals surface area contributed by atoms with Gasteiger partial charge in [-0.1, -0.05) is 12.1 Å². The van der Waals surface area contributed by atoms with Crippen molar-refractivity contribution in [1.82, 2.24) is 4.90 Å². The molecule has 2 aromatic carbocycles. The summed E-state index contributed by atoms with van der Waals surface area (Å²) >= 11 is 0. The highest BCUT2D eigenvalue weighted by molar-refractivity contribution is 5.93. The van der Waals surface area contributed by atoms with Gasteiger partial charge in [0.25, 0.3) is 5.91 Å². The Bertz CT molecular complexity index is 659. The average Bonchev–Trinajstić information content (AvgIpc) is 2.47. The zero-order valence-corrected chi connectivity index (χ0v) is 11.0. The molecule has 3 nitrogen and oxygen atoms in total. The first-order chi connectivity index (χ1) is 9.60. The van der Waals surface area contributed by atoms with Gasteiger partial charge in [-0.25, -0.2) is 4.39 Å². The molecule has 0 heterocycles. The number of hydrogen-bond donors (Lipinski definition) is 0. The Hall–Kier alpha value is -2.67. The summed E-state index contributed by atoms with van der Waals surface area (Å²) in [4.78, 5) is 13.7. The molecule has 0 spiro atoms. The lowest BCUT2D eigenvalue weighted by Crippen LogP contribution is -2.26. The summed E-state index contributed by atoms with van der Waals surface area (Å²) in [7, 11) is 1.67. The lowest BCUT2D eigenvalue weighted by Gasteiger charge is -2.17. The van der Waals surface area contributed by atoms with Gasteiger partial charge < -0.3 is 4.90 Å². The minimum atomic E-state index is -0.370. The summed E-state index contributed by atoms with van der Waals surface area (Å²) in [6.07, 6.45) is 0. The van der Waals surface area contributed by atoms with Crippen LogP contribution in [0.2, 0.25) is 0 Å². The zero-order valence-electron chi connectivity index (χ0n) is 11.0. The van der Waals surface area contributed by atoms with E-state index in [0.29, 0.717) is 17.7 Å². The molecule has 0 bridgehead atoms. The van der Waals surface area contributed by atoms with Crippen LogP contribution in [0.5, 0.6) is 0 Å². The highest BCUT2D eigenvalue weighted by Gasteiger charge is 2.12. The van der Waals surface area contributed by atoms with Crippen molar-refractivity contribution in [2.45, 2.75) is 6.54 Å². The molecular formula is C16H13FN2O. The van der Waals surface area contributed by atoms with Crippen molar-refractivity contribution < 1.29 is 9.18 Å². The molecule has 0 fully saturated rings. The third-order valence-corrected chi connectivity index (χ3v) is 2.91. The molecule has 2 rings (SSSR count). The van der Waals surface area contributed by atoms with Crippen molar-refractivity contribution >= 4 is 5.91 Å². The van der Waals surface area contributed by atoms with E-state index in [1.807, 2.05) is 6.07 Å². The number of nitrogens with zero attached hydrogens (tertiary/aromatic N) is 2. The van der Waals surface area contributed by atoms with E-state index in [-0.39, 0.29) is 11.7 Å². The van der Waals surface area contributed by atoms with Crippen LogP contribution in [0.4, 0.5) is 4.39 Å². The Balaban J connectivity index is 2.11. The second-order valence-electron chi connectivity index (χ2n) is 4.48. The van der Waals surface area contributed by atoms with Gasteiger partial charge >= 0.3 is 0 Å². The van der Waals surface area contributed by atoms with Gasteiger partial charge in [-0.3, -0.25) is 4.79 Å². The van der Waals surface area contributed by atoms with Crippen LogP contribution in [0.1, 0.15) is 21.5 Å². The molecule has 0 aromatic heterocycles. The highest BCUT2D eigenvalue weighted by atomic mass is 19.1. The third-order valence-electron chi connectivity index (χ3n) is 2.91. The zero-order chi connectivity index (χ0) is 14.5. The molecule has 0 aliphatic carbocycles. The number of rotatable bonds is 3. The Kier molecular flexibility index (Phi) is 4.11. The highest BCUT2D eigenvalue weighted by Crippen LogP contribution is 2.10. The molecule has 0 radical (unpaired) electrons. The molecule has 0 N–H and O–H groups in total. The van der Waals surface area contributed by atoms with Crippen LogP contribution in [0.3, 0.4) is 0 Å². The smallest absolute Gasteiger partial charge is 0.253 e. The van der Waals surface area contributed by atoms with Crippen molar-refractivity contribution in [2.75, 3.05) is 7.05 Å². The molecule has 0 unspecified atom stereocenters. The maximum Gasteiger partial charge on any atom is 0.253 e. The van der Waals surface area contributed by atoms with Gasteiger partial charge in [0.2, 0.25) is 0 Å². The van der Waals surface area contributed by atoms with Crippen molar-refractivity contribution in [3.63, 3.8) is 0 Å². The maximum absolute atomic E-state index is 12.8. The third kappa shape index (κ3) is 3.21. The van der Waals surface area contributed by atoms with E-state index >= 15 is 0 Å². The van der Waals surface area contributed by atoms with Crippen molar-refractivity contribution in [3.05, 3.63) is 71.0 Å². The largest absolute Gasteiger partial charge is 0.337 e. The molecule has 0 aliphatic heterocycles. The molecule has 4 heteroatoms. The maximum atomic E-state index is 12.8. The van der Waals surface area contributed by atoms with E-state index in [9.17, 15) is 9.18 Å². The van der Waals surface area contributed by atoms with Crippen LogP contribution >= 0.6 is 0 Å². The summed E-state index contributed by atoms with van der Waals surface area (Å²) in [5.41, 5.74) is 1.87. The van der Waals surface area contributed by atoms with Crippen LogP contribution in [0.25, 0.3) is 0 Å². The quantitative estimate of drug-likeness (QED) is 0.859. The first-order valence-corrected chi connectivity index (χ1v) is 6.10. The molecule has 100 valence electrons. The fourth-order valence-corrected chi connectivity index (χ4v) is 1.90. The average molecular weight is 268 g/mol. The van der Waals surface area contributed by atoms with Crippen LogP contribution in [0, 0.1) is 17.1 Å². The van der Waals surface area contributed by atoms with E-state index in [4.69, 9.17) is 5.26 Å². The van der Waals surface area contributed by atoms with E-state index in [0.717, 1.165) is 5.56 Å². The van der Waals surface area contributed by atoms with Gasteiger partial charge in [0.1, 0.15) is 5.82 Å². The number of hydrogen-bond acceptors (Lipinski definition) is 2. The van der Waals surface area contributed by atoms with Gasteiger partial charge in [0.05, 0.1) is 11.6 Å². The van der Waals surface area contributed by atoms with E-state index < -0.39 is 0 Å². The minimum Gasteiger partial charge on any atom is -0.337 e. The first kappa shape index (κ1) is 13.8. The Morgan fingerprint density at radius 2 is 1.95 bits per heavy atom. The standard InChI is InChI=1S/C16H13FN2O/c1-19(11-13-4-2-3-12(9-13)10-18)16(20)14-5-7-15(17)8-6-14/h2-9H,11H2,1H3. The predicted molar refractivity (Wildman–Crippen MR) is 73.4 cm³/mol. The summed E-state index contributed by atoms with van der Waals surface area (Å²) in [6, 6.07) is 14.6. The van der Waals surface area contributed by atoms with E-state index in [1.54, 1.807) is 25.2 Å². The SMILES string of the molecule is CN(Cc1cccc(C#N)c1)C(=O)c1ccc(F)cc1. The Morgan fingerprint density at radius 3 is 2.60 bits per heavy atom. The molecule has 1 amide bonds. The fourth-order valence-electron chi connectivity index (χ4n) is 1.90. The first-order valence-electron chi connectivity index (χ1n) is 6.10. The van der Waals surface area contributed by atoms with Crippen molar-refractivity contribution in [3.8, 4) is 6.07 Å². The summed E-state index contributed by atoms with van der Waals surface area (Å²) in [6.45, 7) is 0.395. The molecule has 2 aromatic rings. The predicted octanol–water partition coefficient (Wildman–Crippen LogP) is 2.97.